The lowest BCUT2D eigenvalue weighted by Gasteiger charge is -2.24. The Hall–Kier alpha value is -0.550. The normalized spacial score (nSPS) is 18.6. The Bertz CT molecular complexity index is 261. The Morgan fingerprint density at radius 1 is 1.05 bits per heavy atom. The molecule has 2 heteroatoms. The molecule has 0 bridgehead atoms. The number of ether oxygens (including phenoxy) is 1. The van der Waals surface area contributed by atoms with Gasteiger partial charge >= 0.3 is 0 Å². The molecule has 0 aromatic carbocycles. The summed E-state index contributed by atoms with van der Waals surface area (Å²) in [4.78, 5) is 0. The van der Waals surface area contributed by atoms with E-state index in [0.717, 1.165) is 18.9 Å². The van der Waals surface area contributed by atoms with E-state index in [4.69, 9.17) is 10.00 Å². The highest BCUT2D eigenvalue weighted by Gasteiger charge is 2.26. The molecule has 1 fully saturated rings. The van der Waals surface area contributed by atoms with Gasteiger partial charge in [-0.1, -0.05) is 53.4 Å². The van der Waals surface area contributed by atoms with Crippen molar-refractivity contribution in [3.05, 3.63) is 0 Å². The zero-order valence-corrected chi connectivity index (χ0v) is 14.5. The summed E-state index contributed by atoms with van der Waals surface area (Å²) in [7, 11) is 0. The lowest BCUT2D eigenvalue weighted by molar-refractivity contribution is 0.0443. The molecule has 0 radical (unpaired) electrons. The van der Waals surface area contributed by atoms with Crippen LogP contribution in [0, 0.1) is 35.0 Å². The van der Waals surface area contributed by atoms with Crippen LogP contribution in [0.1, 0.15) is 73.6 Å². The Balaban J connectivity index is 0.000000396. The highest BCUT2D eigenvalue weighted by atomic mass is 16.5. The van der Waals surface area contributed by atoms with Crippen LogP contribution in [0.15, 0.2) is 0 Å². The first-order valence-electron chi connectivity index (χ1n) is 8.42. The van der Waals surface area contributed by atoms with E-state index >= 15 is 0 Å². The van der Waals surface area contributed by atoms with E-state index in [9.17, 15) is 0 Å². The first-order valence-corrected chi connectivity index (χ1v) is 8.42. The van der Waals surface area contributed by atoms with Crippen LogP contribution < -0.4 is 0 Å². The van der Waals surface area contributed by atoms with Gasteiger partial charge in [-0.25, -0.2) is 0 Å². The molecular weight excluding hydrogens is 246 g/mol. The third kappa shape index (κ3) is 7.90. The highest BCUT2D eigenvalue weighted by molar-refractivity contribution is 4.84. The summed E-state index contributed by atoms with van der Waals surface area (Å²) >= 11 is 0. The molecule has 2 unspecified atom stereocenters. The number of hydrogen-bond acceptors (Lipinski definition) is 2. The second kappa shape index (κ2) is 11.1. The van der Waals surface area contributed by atoms with Crippen LogP contribution in [0.25, 0.3) is 0 Å². The van der Waals surface area contributed by atoms with E-state index in [1.54, 1.807) is 0 Å². The van der Waals surface area contributed by atoms with Crippen molar-refractivity contribution in [3.8, 4) is 6.07 Å². The summed E-state index contributed by atoms with van der Waals surface area (Å²) in [6.45, 7) is 13.8. The van der Waals surface area contributed by atoms with Gasteiger partial charge in [0, 0.05) is 13.0 Å². The minimum atomic E-state index is 0.417. The van der Waals surface area contributed by atoms with Gasteiger partial charge in [-0.3, -0.25) is 0 Å². The Morgan fingerprint density at radius 3 is 1.90 bits per heavy atom. The second-order valence-corrected chi connectivity index (χ2v) is 6.72. The summed E-state index contributed by atoms with van der Waals surface area (Å²) in [5.74, 6) is 2.85. The van der Waals surface area contributed by atoms with Crippen molar-refractivity contribution in [1.82, 2.24) is 0 Å². The smallest absolute Gasteiger partial charge is 0.0624 e. The number of nitriles is 1. The topological polar surface area (TPSA) is 33.0 Å². The molecule has 0 N–H and O–H groups in total. The van der Waals surface area contributed by atoms with Gasteiger partial charge in [0.05, 0.1) is 12.2 Å². The minimum Gasteiger partial charge on any atom is -0.379 e. The number of rotatable bonds is 6. The van der Waals surface area contributed by atoms with Crippen molar-refractivity contribution < 1.29 is 4.74 Å². The zero-order chi connectivity index (χ0) is 15.5. The van der Waals surface area contributed by atoms with Crippen molar-refractivity contribution >= 4 is 0 Å². The Kier molecular flexibility index (Phi) is 10.8. The summed E-state index contributed by atoms with van der Waals surface area (Å²) in [6, 6.07) is 2.33. The van der Waals surface area contributed by atoms with Gasteiger partial charge < -0.3 is 4.74 Å². The van der Waals surface area contributed by atoms with Crippen molar-refractivity contribution in [3.63, 3.8) is 0 Å². The quantitative estimate of drug-likeness (QED) is 0.650. The molecule has 0 amide bonds. The van der Waals surface area contributed by atoms with E-state index in [-0.39, 0.29) is 0 Å². The van der Waals surface area contributed by atoms with Gasteiger partial charge in [0.1, 0.15) is 0 Å². The van der Waals surface area contributed by atoms with Crippen LogP contribution in [-0.2, 0) is 4.74 Å². The summed E-state index contributed by atoms with van der Waals surface area (Å²) < 4.78 is 5.30. The van der Waals surface area contributed by atoms with Crippen LogP contribution >= 0.6 is 0 Å². The monoisotopic (exact) mass is 281 g/mol. The molecule has 0 spiro atoms. The van der Waals surface area contributed by atoms with E-state index in [1.165, 1.54) is 25.7 Å². The van der Waals surface area contributed by atoms with Gasteiger partial charge in [-0.2, -0.15) is 5.26 Å². The molecule has 118 valence electrons. The van der Waals surface area contributed by atoms with Crippen molar-refractivity contribution in [2.45, 2.75) is 79.8 Å². The molecule has 1 aliphatic rings. The SMILES string of the molecule is CC(C)C(CC#N)C1CCCC1.CCOC(C)C(C)C. The first kappa shape index (κ1) is 19.4. The minimum absolute atomic E-state index is 0.417. The molecule has 20 heavy (non-hydrogen) atoms. The molecule has 1 aliphatic carbocycles. The molecule has 0 saturated heterocycles. The predicted octanol–water partition coefficient (Wildman–Crippen LogP) is 5.43. The van der Waals surface area contributed by atoms with Gasteiger partial charge in [0.2, 0.25) is 0 Å². The van der Waals surface area contributed by atoms with Crippen LogP contribution in [0.2, 0.25) is 0 Å². The molecule has 1 rings (SSSR count). The second-order valence-electron chi connectivity index (χ2n) is 6.72. The fourth-order valence-corrected chi connectivity index (χ4v) is 2.89. The summed E-state index contributed by atoms with van der Waals surface area (Å²) in [6.07, 6.45) is 6.69. The lowest BCUT2D eigenvalue weighted by Crippen LogP contribution is -2.17. The highest BCUT2D eigenvalue weighted by Crippen LogP contribution is 2.36. The van der Waals surface area contributed by atoms with Crippen LogP contribution in [-0.4, -0.2) is 12.7 Å². The van der Waals surface area contributed by atoms with Crippen LogP contribution in [0.4, 0.5) is 0 Å². The predicted molar refractivity (Wildman–Crippen MR) is 86.4 cm³/mol. The van der Waals surface area contributed by atoms with Gasteiger partial charge in [0.15, 0.2) is 0 Å². The van der Waals surface area contributed by atoms with Gasteiger partial charge in [-0.15, -0.1) is 0 Å². The average Bonchev–Trinajstić information content (AvgIpc) is 2.90. The fourth-order valence-electron chi connectivity index (χ4n) is 2.89. The Morgan fingerprint density at radius 2 is 1.60 bits per heavy atom. The molecule has 0 heterocycles. The van der Waals surface area contributed by atoms with E-state index in [1.807, 2.05) is 6.92 Å². The Labute approximate surface area is 126 Å². The van der Waals surface area contributed by atoms with Crippen molar-refractivity contribution in [1.29, 1.82) is 5.26 Å². The fraction of sp³-hybridized carbons (Fsp3) is 0.944. The number of hydrogen-bond donors (Lipinski definition) is 0. The third-order valence-corrected chi connectivity index (χ3v) is 4.56. The van der Waals surface area contributed by atoms with E-state index in [2.05, 4.69) is 40.7 Å². The molecular formula is C18H35NO. The summed E-state index contributed by atoms with van der Waals surface area (Å²) in [5.41, 5.74) is 0. The third-order valence-electron chi connectivity index (χ3n) is 4.56. The first-order chi connectivity index (χ1) is 9.43. The standard InChI is InChI=1S/C11H19N.C7H16O/c1-9(2)11(7-8-12)10-5-3-4-6-10;1-5-8-7(4)6(2)3/h9-11H,3-7H2,1-2H3;6-7H,5H2,1-4H3. The summed E-state index contributed by atoms with van der Waals surface area (Å²) in [5, 5.41) is 8.70. The number of nitrogens with zero attached hydrogens (tertiary/aromatic N) is 1. The molecule has 2 atom stereocenters. The molecule has 2 nitrogen and oxygen atoms in total. The maximum absolute atomic E-state index is 8.70. The average molecular weight is 281 g/mol. The van der Waals surface area contributed by atoms with Crippen LogP contribution in [0.3, 0.4) is 0 Å². The van der Waals surface area contributed by atoms with Crippen LogP contribution in [0.5, 0.6) is 0 Å². The maximum Gasteiger partial charge on any atom is 0.0624 e. The molecule has 0 aromatic rings. The van der Waals surface area contributed by atoms with Gasteiger partial charge in [0.25, 0.3) is 0 Å². The van der Waals surface area contributed by atoms with Gasteiger partial charge in [-0.05, 0) is 37.5 Å². The zero-order valence-electron chi connectivity index (χ0n) is 14.5. The maximum atomic E-state index is 8.70. The lowest BCUT2D eigenvalue weighted by atomic mass is 9.80. The molecule has 0 aromatic heterocycles. The molecule has 1 saturated carbocycles. The van der Waals surface area contributed by atoms with E-state index in [0.29, 0.717) is 23.9 Å². The van der Waals surface area contributed by atoms with Crippen molar-refractivity contribution in [2.75, 3.05) is 6.61 Å². The largest absolute Gasteiger partial charge is 0.379 e. The van der Waals surface area contributed by atoms with E-state index < -0.39 is 0 Å². The molecule has 0 aliphatic heterocycles. The van der Waals surface area contributed by atoms with Crippen molar-refractivity contribution in [2.24, 2.45) is 23.7 Å².